The lowest BCUT2D eigenvalue weighted by Gasteiger charge is -2.32. The van der Waals surface area contributed by atoms with Gasteiger partial charge in [0.1, 0.15) is 23.3 Å². The number of likely N-dealkylation sites (tertiary alicyclic amines) is 1. The Morgan fingerprint density at radius 3 is 2.71 bits per heavy atom. The van der Waals surface area contributed by atoms with E-state index in [1.165, 1.54) is 12.1 Å². The highest BCUT2D eigenvalue weighted by Crippen LogP contribution is 2.30. The fourth-order valence-electron chi connectivity index (χ4n) is 5.32. The maximum absolute atomic E-state index is 14.2. The Kier molecular flexibility index (Phi) is 7.62. The minimum absolute atomic E-state index is 0.0480. The number of carboxylic acid groups (broad SMARTS) is 1. The Bertz CT molecular complexity index is 1630. The van der Waals surface area contributed by atoms with Gasteiger partial charge in [0.05, 0.1) is 53.5 Å². The molecule has 2 aromatic heterocycles. The number of carboxylic acids is 1. The van der Waals surface area contributed by atoms with Crippen molar-refractivity contribution in [2.24, 2.45) is 0 Å². The summed E-state index contributed by atoms with van der Waals surface area (Å²) < 4.78 is 29.5. The Morgan fingerprint density at radius 1 is 1.22 bits per heavy atom. The van der Waals surface area contributed by atoms with E-state index in [4.69, 9.17) is 31.3 Å². The standard InChI is InChI=1S/C29H28ClFN6O4/c30-23-15-37(34-28(23)41-17-20-2-1-18(13-32)11-24(20)31)21-5-8-35(9-6-21)16-27-33-25-4-3-19(29(38)39)12-26(25)36(27)14-22-7-10-40-22/h1-4,11-12,15,21-22H,5-10,14,16-17H2,(H,38,39)/t22-/m0/s1. The van der Waals surface area contributed by atoms with E-state index in [1.807, 2.05) is 10.8 Å². The number of fused-ring (bicyclic) bond motifs is 1. The summed E-state index contributed by atoms with van der Waals surface area (Å²) >= 11 is 6.39. The van der Waals surface area contributed by atoms with Crippen LogP contribution in [0.2, 0.25) is 5.02 Å². The molecule has 41 heavy (non-hydrogen) atoms. The highest BCUT2D eigenvalue weighted by Gasteiger charge is 2.26. The molecule has 2 aliphatic heterocycles. The highest BCUT2D eigenvalue weighted by atomic mass is 35.5. The predicted octanol–water partition coefficient (Wildman–Crippen LogP) is 4.80. The first-order chi connectivity index (χ1) is 19.9. The SMILES string of the molecule is N#Cc1ccc(COc2nn(C3CCN(Cc4nc5ccc(C(=O)O)cc5n4C[C@@H]4CCO4)CC3)cc2Cl)c(F)c1. The minimum atomic E-state index is -0.961. The van der Waals surface area contributed by atoms with Gasteiger partial charge in [0.2, 0.25) is 0 Å². The summed E-state index contributed by atoms with van der Waals surface area (Å²) in [4.78, 5) is 18.8. The van der Waals surface area contributed by atoms with Crippen LogP contribution in [0.1, 0.15) is 52.6 Å². The molecular formula is C29H28ClFN6O4. The van der Waals surface area contributed by atoms with Crippen molar-refractivity contribution in [3.8, 4) is 11.9 Å². The van der Waals surface area contributed by atoms with Gasteiger partial charge < -0.3 is 19.1 Å². The number of halogens is 2. The summed E-state index contributed by atoms with van der Waals surface area (Å²) in [6.07, 6.45) is 4.52. The van der Waals surface area contributed by atoms with Crippen LogP contribution in [0.15, 0.2) is 42.6 Å². The molecule has 0 radical (unpaired) electrons. The molecule has 6 rings (SSSR count). The molecule has 12 heteroatoms. The first-order valence-corrected chi connectivity index (χ1v) is 13.9. The number of nitrogens with zero attached hydrogens (tertiary/aromatic N) is 6. The van der Waals surface area contributed by atoms with Crippen LogP contribution in [0.5, 0.6) is 5.88 Å². The van der Waals surface area contributed by atoms with Gasteiger partial charge in [-0.15, -0.1) is 5.10 Å². The molecule has 212 valence electrons. The number of ether oxygens (including phenoxy) is 2. The van der Waals surface area contributed by atoms with Gasteiger partial charge in [0.15, 0.2) is 0 Å². The van der Waals surface area contributed by atoms with Gasteiger partial charge in [-0.25, -0.2) is 14.2 Å². The van der Waals surface area contributed by atoms with E-state index >= 15 is 0 Å². The minimum Gasteiger partial charge on any atom is -0.478 e. The van der Waals surface area contributed by atoms with Crippen LogP contribution in [0.3, 0.4) is 0 Å². The highest BCUT2D eigenvalue weighted by molar-refractivity contribution is 6.31. The molecule has 4 aromatic rings. The third kappa shape index (κ3) is 5.77. The van der Waals surface area contributed by atoms with Crippen LogP contribution in [-0.4, -0.2) is 61.1 Å². The molecule has 4 heterocycles. The van der Waals surface area contributed by atoms with Crippen molar-refractivity contribution in [1.82, 2.24) is 24.2 Å². The number of carbonyl (C=O) groups is 1. The number of piperidine rings is 1. The van der Waals surface area contributed by atoms with E-state index in [0.29, 0.717) is 23.7 Å². The Morgan fingerprint density at radius 2 is 2.02 bits per heavy atom. The lowest BCUT2D eigenvalue weighted by molar-refractivity contribution is -0.0592. The number of imidazole rings is 1. The number of aromatic nitrogens is 4. The van der Waals surface area contributed by atoms with Crippen molar-refractivity contribution in [3.05, 3.63) is 75.9 Å². The molecular weight excluding hydrogens is 551 g/mol. The van der Waals surface area contributed by atoms with Crippen LogP contribution in [-0.2, 0) is 24.4 Å². The van der Waals surface area contributed by atoms with E-state index in [1.54, 1.807) is 30.5 Å². The van der Waals surface area contributed by atoms with Crippen LogP contribution in [0, 0.1) is 17.1 Å². The number of aromatic carboxylic acids is 1. The molecule has 2 aromatic carbocycles. The summed E-state index contributed by atoms with van der Waals surface area (Å²) in [5, 5.41) is 23.3. The molecule has 1 atom stereocenters. The predicted molar refractivity (Wildman–Crippen MR) is 147 cm³/mol. The number of benzene rings is 2. The molecule has 2 saturated heterocycles. The van der Waals surface area contributed by atoms with Crippen LogP contribution < -0.4 is 4.74 Å². The van der Waals surface area contributed by atoms with Gasteiger partial charge in [0.25, 0.3) is 5.88 Å². The van der Waals surface area contributed by atoms with Gasteiger partial charge in [-0.2, -0.15) is 5.26 Å². The van der Waals surface area contributed by atoms with Gasteiger partial charge >= 0.3 is 5.97 Å². The molecule has 0 spiro atoms. The zero-order valence-corrected chi connectivity index (χ0v) is 22.9. The second kappa shape index (κ2) is 11.5. The average molecular weight is 579 g/mol. The number of hydrogen-bond donors (Lipinski definition) is 1. The van der Waals surface area contributed by atoms with E-state index < -0.39 is 11.8 Å². The normalized spacial score (nSPS) is 17.8. The van der Waals surface area contributed by atoms with E-state index in [0.717, 1.165) is 55.8 Å². The Labute approximate surface area is 240 Å². The van der Waals surface area contributed by atoms with Crippen molar-refractivity contribution in [2.75, 3.05) is 19.7 Å². The van der Waals surface area contributed by atoms with Crippen molar-refractivity contribution in [2.45, 2.75) is 51.1 Å². The quantitative estimate of drug-likeness (QED) is 0.301. The van der Waals surface area contributed by atoms with E-state index in [-0.39, 0.29) is 35.8 Å². The second-order valence-electron chi connectivity index (χ2n) is 10.4. The number of rotatable bonds is 9. The zero-order chi connectivity index (χ0) is 28.5. The van der Waals surface area contributed by atoms with Crippen molar-refractivity contribution in [1.29, 1.82) is 5.26 Å². The lowest BCUT2D eigenvalue weighted by atomic mass is 10.1. The molecule has 10 nitrogen and oxygen atoms in total. The average Bonchev–Trinajstić information content (AvgIpc) is 3.49. The van der Waals surface area contributed by atoms with E-state index in [9.17, 15) is 14.3 Å². The third-order valence-corrected chi connectivity index (χ3v) is 8.01. The summed E-state index contributed by atoms with van der Waals surface area (Å²) in [5.41, 5.74) is 2.39. The van der Waals surface area contributed by atoms with Crippen molar-refractivity contribution >= 4 is 28.6 Å². The van der Waals surface area contributed by atoms with Gasteiger partial charge in [0, 0.05) is 31.5 Å². The van der Waals surface area contributed by atoms with Crippen LogP contribution >= 0.6 is 11.6 Å². The fourth-order valence-corrected chi connectivity index (χ4v) is 5.51. The maximum atomic E-state index is 14.2. The topological polar surface area (TPSA) is 118 Å². The summed E-state index contributed by atoms with van der Waals surface area (Å²) in [7, 11) is 0. The third-order valence-electron chi connectivity index (χ3n) is 7.75. The second-order valence-corrected chi connectivity index (χ2v) is 10.8. The van der Waals surface area contributed by atoms with Crippen molar-refractivity contribution in [3.63, 3.8) is 0 Å². The number of hydrogen-bond acceptors (Lipinski definition) is 7. The van der Waals surface area contributed by atoms with Crippen LogP contribution in [0.25, 0.3) is 11.0 Å². The van der Waals surface area contributed by atoms with Gasteiger partial charge in [-0.3, -0.25) is 9.58 Å². The lowest BCUT2D eigenvalue weighted by Crippen LogP contribution is -2.36. The van der Waals surface area contributed by atoms with Crippen molar-refractivity contribution < 1.29 is 23.8 Å². The molecule has 0 aliphatic carbocycles. The monoisotopic (exact) mass is 578 g/mol. The summed E-state index contributed by atoms with van der Waals surface area (Å²) in [6, 6.07) is 11.3. The zero-order valence-electron chi connectivity index (χ0n) is 22.2. The molecule has 1 N–H and O–H groups in total. The first kappa shape index (κ1) is 27.2. The maximum Gasteiger partial charge on any atom is 0.335 e. The van der Waals surface area contributed by atoms with Gasteiger partial charge in [-0.05, 0) is 49.6 Å². The molecule has 0 amide bonds. The molecule has 0 unspecified atom stereocenters. The fraction of sp³-hybridized carbons (Fsp3) is 0.379. The molecule has 0 saturated carbocycles. The summed E-state index contributed by atoms with van der Waals surface area (Å²) in [5.74, 6) is -0.338. The first-order valence-electron chi connectivity index (χ1n) is 13.5. The molecule has 2 aliphatic rings. The smallest absolute Gasteiger partial charge is 0.335 e. The van der Waals surface area contributed by atoms with Crippen LogP contribution in [0.4, 0.5) is 4.39 Å². The molecule has 0 bridgehead atoms. The molecule has 2 fully saturated rings. The Hall–Kier alpha value is -3.98. The largest absolute Gasteiger partial charge is 0.478 e. The van der Waals surface area contributed by atoms with Gasteiger partial charge in [-0.1, -0.05) is 17.7 Å². The Balaban J connectivity index is 1.10. The summed E-state index contributed by atoms with van der Waals surface area (Å²) in [6.45, 7) is 3.62. The number of nitriles is 1. The van der Waals surface area contributed by atoms with E-state index in [2.05, 4.69) is 14.6 Å².